The molecule has 3 aliphatic carbocycles. The molecule has 0 aromatic carbocycles. The molecular weight excluding hydrogens is 1470 g/mol. The molecule has 0 amide bonds. The summed E-state index contributed by atoms with van der Waals surface area (Å²) in [5.41, 5.74) is 15.9. The van der Waals surface area contributed by atoms with E-state index < -0.39 is 102 Å². The van der Waals surface area contributed by atoms with Crippen molar-refractivity contribution in [2.75, 3.05) is 56.8 Å². The highest BCUT2D eigenvalue weighted by Crippen LogP contribution is 2.64. The van der Waals surface area contributed by atoms with Gasteiger partial charge in [-0.2, -0.15) is 45.7 Å². The molecule has 14 rings (SSSR count). The number of nitriles is 3. The van der Waals surface area contributed by atoms with Crippen LogP contribution in [0.1, 0.15) is 193 Å². The lowest BCUT2D eigenvalue weighted by atomic mass is 9.84. The second kappa shape index (κ2) is 34.7. The van der Waals surface area contributed by atoms with Crippen LogP contribution >= 0.6 is 24.1 Å². The van der Waals surface area contributed by atoms with Crippen molar-refractivity contribution in [3.05, 3.63) is 19.0 Å². The summed E-state index contributed by atoms with van der Waals surface area (Å²) in [5.74, 6) is 0.726. The molecule has 598 valence electrons. The van der Waals surface area contributed by atoms with Gasteiger partial charge in [0.05, 0.1) is 95.1 Å². The lowest BCUT2D eigenvalue weighted by Gasteiger charge is -2.46. The van der Waals surface area contributed by atoms with Crippen LogP contribution in [0, 0.1) is 50.2 Å². The summed E-state index contributed by atoms with van der Waals surface area (Å²) < 4.78 is 112. The molecule has 8 N–H and O–H groups in total. The van der Waals surface area contributed by atoms with Crippen molar-refractivity contribution in [2.24, 2.45) is 16.2 Å². The zero-order valence-electron chi connectivity index (χ0n) is 64.4. The molecule has 8 aliphatic rings. The van der Waals surface area contributed by atoms with Crippen LogP contribution in [0.15, 0.2) is 19.0 Å². The molecule has 0 spiro atoms. The van der Waals surface area contributed by atoms with Gasteiger partial charge in [-0.15, -0.1) is 0 Å². The van der Waals surface area contributed by atoms with Crippen molar-refractivity contribution in [1.29, 1.82) is 15.8 Å². The maximum Gasteiger partial charge on any atom is 0.475 e. The van der Waals surface area contributed by atoms with E-state index in [4.69, 9.17) is 77.3 Å². The Morgan fingerprint density at radius 1 is 0.541 bits per heavy atom. The monoisotopic (exact) mass is 1580 g/mol. The number of aliphatic hydroxyl groups excluding tert-OH is 2. The Kier molecular flexibility index (Phi) is 26.5. The summed E-state index contributed by atoms with van der Waals surface area (Å²) in [6.45, 7) is 29.4. The number of fused-ring (bicyclic) bond motifs is 5. The van der Waals surface area contributed by atoms with E-state index in [0.29, 0.717) is 83.6 Å². The average molecular weight is 1580 g/mol. The number of nitrogen functional groups attached to an aromatic ring is 3. The first kappa shape index (κ1) is 83.2. The number of hydrogen-bond donors (Lipinski definition) is 5. The van der Waals surface area contributed by atoms with E-state index in [2.05, 4.69) is 128 Å². The number of nitrogens with zero attached hydrogens (tertiary/aromatic N) is 17. The Labute approximate surface area is 635 Å². The standard InChI is InChI=1S/2C19H25N6O6P.C17H37N2OP.C14H18N6O4/c2*1-3-27-16-13-15(23-18(21)24-16)25(10-22-13)17-19(2,9-20)14-12(29-17)8-28-32(26,31-14)30-11-6-4-5-7-11;1-13(2)18(14(3)4)21(19(15(5)6)16(7)8)20-17-11-9-10-12-17;1-3-23-11-8-10(18-13(16)19-11)20(6-17-8)12-14(2,5-15)9(22)7(4-21)24-12/h2*10-12,14,17H,3-8H2,1-2H3,(H2,21,23,24);13-17H,9-12H2,1-8H3;6-7,9,12,21-22H,3-4H2,1-2H3,(H2,16,18,19)/t2*12-,14-,17-,19-,32?;;7-,9-,12-,14-/m11.1/s1. The summed E-state index contributed by atoms with van der Waals surface area (Å²) in [7, 11) is -8.34. The maximum atomic E-state index is 13.2. The van der Waals surface area contributed by atoms with Crippen molar-refractivity contribution >= 4 is 75.4 Å². The van der Waals surface area contributed by atoms with Gasteiger partial charge in [0.1, 0.15) is 52.9 Å². The number of imidazole rings is 3. The van der Waals surface area contributed by atoms with E-state index >= 15 is 0 Å². The topological polar surface area (TPSA) is 481 Å². The predicted octanol–water partition coefficient (Wildman–Crippen LogP) is 10.4. The first-order valence-corrected chi connectivity index (χ1v) is 41.7. The van der Waals surface area contributed by atoms with E-state index in [9.17, 15) is 35.1 Å². The molecule has 11 heterocycles. The Morgan fingerprint density at radius 3 is 1.17 bits per heavy atom. The van der Waals surface area contributed by atoms with Gasteiger partial charge in [-0.25, -0.2) is 33.4 Å². The molecule has 8 fully saturated rings. The lowest BCUT2D eigenvalue weighted by molar-refractivity contribution is -0.0746. The van der Waals surface area contributed by atoms with Crippen molar-refractivity contribution in [3.63, 3.8) is 0 Å². The number of rotatable bonds is 22. The van der Waals surface area contributed by atoms with E-state index in [-0.39, 0.29) is 60.9 Å². The highest BCUT2D eigenvalue weighted by molar-refractivity contribution is 7.49. The van der Waals surface area contributed by atoms with Gasteiger partial charge < -0.3 is 60.4 Å². The molecule has 5 aliphatic heterocycles. The van der Waals surface area contributed by atoms with Gasteiger partial charge in [0.2, 0.25) is 35.5 Å². The third-order valence-electron chi connectivity index (χ3n) is 20.5. The fourth-order valence-corrected chi connectivity index (χ4v) is 21.2. The van der Waals surface area contributed by atoms with Crippen LogP contribution in [0.3, 0.4) is 0 Å². The number of phosphoric acid groups is 2. The van der Waals surface area contributed by atoms with Crippen LogP contribution in [-0.2, 0) is 55.0 Å². The molecule has 109 heavy (non-hydrogen) atoms. The number of anilines is 3. The molecule has 6 aromatic rings. The average Bonchev–Trinajstić information content (AvgIpc) is 1.58. The number of ether oxygens (including phenoxy) is 6. The first-order chi connectivity index (χ1) is 51.9. The molecular formula is C69H105N20O17P3. The second-order valence-corrected chi connectivity index (χ2v) is 34.6. The highest BCUT2D eigenvalue weighted by Gasteiger charge is 2.64. The first-order valence-electron chi connectivity index (χ1n) is 37.6. The van der Waals surface area contributed by atoms with Crippen LogP contribution in [0.4, 0.5) is 17.8 Å². The summed E-state index contributed by atoms with van der Waals surface area (Å²) in [6.07, 6.45) is 9.43. The zero-order valence-corrected chi connectivity index (χ0v) is 67.1. The summed E-state index contributed by atoms with van der Waals surface area (Å²) in [4.78, 5) is 37.8. The molecule has 0 radical (unpaired) electrons. The molecule has 14 atom stereocenters. The van der Waals surface area contributed by atoms with Gasteiger partial charge >= 0.3 is 15.6 Å². The van der Waals surface area contributed by atoms with E-state index in [1.165, 1.54) is 49.2 Å². The van der Waals surface area contributed by atoms with Gasteiger partial charge in [-0.3, -0.25) is 40.8 Å². The molecule has 5 saturated heterocycles. The Hall–Kier alpha value is -6.75. The molecule has 0 bridgehead atoms. The van der Waals surface area contributed by atoms with E-state index in [1.807, 2.05) is 13.8 Å². The van der Waals surface area contributed by atoms with Crippen LogP contribution in [-0.4, -0.2) is 197 Å². The summed E-state index contributed by atoms with van der Waals surface area (Å²) >= 11 is 0. The van der Waals surface area contributed by atoms with Gasteiger partial charge in [0.25, 0.3) is 0 Å². The molecule has 2 unspecified atom stereocenters. The minimum Gasteiger partial charge on any atom is -0.476 e. The molecule has 6 aromatic heterocycles. The fourth-order valence-electron chi connectivity index (χ4n) is 15.3. The third-order valence-corrected chi connectivity index (χ3v) is 26.6. The van der Waals surface area contributed by atoms with Gasteiger partial charge in [-0.1, -0.05) is 38.5 Å². The quantitative estimate of drug-likeness (QED) is 0.0394. The van der Waals surface area contributed by atoms with Crippen molar-refractivity contribution in [1.82, 2.24) is 67.9 Å². The smallest absolute Gasteiger partial charge is 0.475 e. The molecule has 3 saturated carbocycles. The highest BCUT2D eigenvalue weighted by atomic mass is 31.2. The normalized spacial score (nSPS) is 30.6. The Morgan fingerprint density at radius 2 is 0.862 bits per heavy atom. The number of aromatic nitrogens is 12. The third kappa shape index (κ3) is 17.1. The minimum atomic E-state index is -3.82. The maximum absolute atomic E-state index is 13.2. The Balaban J connectivity index is 0.000000147. The molecule has 37 nitrogen and oxygen atoms in total. The summed E-state index contributed by atoms with van der Waals surface area (Å²) in [6, 6.07) is 8.70. The van der Waals surface area contributed by atoms with Crippen LogP contribution in [0.25, 0.3) is 33.5 Å². The number of aliphatic hydroxyl groups is 2. The summed E-state index contributed by atoms with van der Waals surface area (Å²) in [5, 5.41) is 49.6. The van der Waals surface area contributed by atoms with Crippen LogP contribution in [0.2, 0.25) is 0 Å². The molecule has 40 heteroatoms. The van der Waals surface area contributed by atoms with Crippen molar-refractivity contribution in [3.8, 4) is 35.8 Å². The Bertz CT molecular complexity index is 4140. The lowest BCUT2D eigenvalue weighted by Crippen LogP contribution is -2.44. The van der Waals surface area contributed by atoms with E-state index in [0.717, 1.165) is 51.4 Å². The zero-order chi connectivity index (χ0) is 78.7. The van der Waals surface area contributed by atoms with Crippen LogP contribution in [0.5, 0.6) is 17.6 Å². The number of phosphoric ester groups is 2. The fraction of sp³-hybridized carbons (Fsp3) is 0.739. The van der Waals surface area contributed by atoms with Crippen molar-refractivity contribution < 1.29 is 79.4 Å². The predicted molar refractivity (Wildman–Crippen MR) is 397 cm³/mol. The SMILES string of the molecule is CC(C)N(C(C)C)P(OC1CCCC1)N(C(C)C)C(C)C.CCOc1nc(N)nc2c1ncn2[C@@H]1O[C@@H]2COP(=O)(OC3CCCC3)O[C@H]2[C@@]1(C)C#N.CCOc1nc(N)nc2c1ncn2[C@@H]1O[C@@H]2COP(=O)(OC3CCCC3)O[C@H]2[C@@]1(C)C#N.CCOc1nc(N)nc2c1ncn2[C@@H]1O[C@H](CO)[C@@H](O)[C@@]1(C)C#N. The van der Waals surface area contributed by atoms with Gasteiger partial charge in [0.15, 0.2) is 60.6 Å². The minimum absolute atomic E-state index is 0.00539. The van der Waals surface area contributed by atoms with Crippen molar-refractivity contribution in [2.45, 2.75) is 272 Å². The van der Waals surface area contributed by atoms with Gasteiger partial charge in [0, 0.05) is 24.2 Å². The van der Waals surface area contributed by atoms with Crippen LogP contribution < -0.4 is 31.4 Å². The largest absolute Gasteiger partial charge is 0.476 e. The number of nitrogens with two attached hydrogens (primary N) is 3. The number of hydrogen-bond acceptors (Lipinski definition) is 34. The van der Waals surface area contributed by atoms with Gasteiger partial charge in [-0.05, 0) is 135 Å². The second-order valence-electron chi connectivity index (χ2n) is 29.8. The van der Waals surface area contributed by atoms with E-state index in [1.54, 1.807) is 36.8 Å².